The summed E-state index contributed by atoms with van der Waals surface area (Å²) in [7, 11) is 0. The Kier molecular flexibility index (Phi) is 5.32. The average molecular weight is 386 g/mol. The van der Waals surface area contributed by atoms with Crippen LogP contribution in [0.15, 0.2) is 18.2 Å². The number of rotatable bonds is 3. The molecule has 0 bridgehead atoms. The van der Waals surface area contributed by atoms with E-state index in [0.717, 1.165) is 50.8 Å². The molecule has 1 N–H and O–H groups in total. The van der Waals surface area contributed by atoms with Gasteiger partial charge in [0.15, 0.2) is 0 Å². The number of benzene rings is 1. The molecule has 0 saturated carbocycles. The van der Waals surface area contributed by atoms with Gasteiger partial charge in [-0.25, -0.2) is 0 Å². The molecule has 2 amide bonds. The number of hydrogen-bond donors (Lipinski definition) is 1. The summed E-state index contributed by atoms with van der Waals surface area (Å²) < 4.78 is 5.73. The van der Waals surface area contributed by atoms with Crippen molar-refractivity contribution in [1.82, 2.24) is 9.80 Å². The zero-order valence-electron chi connectivity index (χ0n) is 16.7. The molecule has 0 radical (unpaired) electrons. The molecule has 3 aliphatic heterocycles. The summed E-state index contributed by atoms with van der Waals surface area (Å²) in [6.45, 7) is 5.54. The molecule has 3 aliphatic rings. The number of aromatic hydroxyl groups is 1. The normalized spacial score (nSPS) is 24.8. The maximum Gasteiger partial charge on any atom is 0.257 e. The zero-order chi connectivity index (χ0) is 19.7. The van der Waals surface area contributed by atoms with Crippen LogP contribution in [0.2, 0.25) is 0 Å². The van der Waals surface area contributed by atoms with Crippen molar-refractivity contribution in [2.75, 3.05) is 32.8 Å². The van der Waals surface area contributed by atoms with E-state index in [1.807, 2.05) is 22.8 Å². The fourth-order valence-corrected chi connectivity index (χ4v) is 4.89. The first-order valence-electron chi connectivity index (χ1n) is 10.4. The van der Waals surface area contributed by atoms with Gasteiger partial charge >= 0.3 is 0 Å². The average Bonchev–Trinajstić information content (AvgIpc) is 3.18. The lowest BCUT2D eigenvalue weighted by molar-refractivity contribution is -0.141. The Hall–Kier alpha value is -2.08. The van der Waals surface area contributed by atoms with Crippen LogP contribution in [-0.4, -0.2) is 65.6 Å². The fraction of sp³-hybridized carbons (Fsp3) is 0.636. The van der Waals surface area contributed by atoms with Crippen molar-refractivity contribution in [3.05, 3.63) is 29.3 Å². The second kappa shape index (κ2) is 7.74. The standard InChI is InChI=1S/C22H30N2O4/c1-16-4-5-18(19(25)13-16)21(27)23-10-8-22(9-11-23)7-6-20(26)24(15-22)14-17-3-2-12-28-17/h4-5,13,17,25H,2-3,6-12,14-15H2,1H3/t17-/m1/s1. The summed E-state index contributed by atoms with van der Waals surface area (Å²) in [4.78, 5) is 29.1. The number of phenolic OH excluding ortho intramolecular Hbond substituents is 1. The van der Waals surface area contributed by atoms with E-state index < -0.39 is 0 Å². The predicted molar refractivity (Wildman–Crippen MR) is 105 cm³/mol. The summed E-state index contributed by atoms with van der Waals surface area (Å²) in [5.74, 6) is 0.191. The lowest BCUT2D eigenvalue weighted by atomic mass is 9.72. The third kappa shape index (κ3) is 3.88. The van der Waals surface area contributed by atoms with Crippen LogP contribution < -0.4 is 0 Å². The number of hydrogen-bond acceptors (Lipinski definition) is 4. The van der Waals surface area contributed by atoms with Gasteiger partial charge in [-0.15, -0.1) is 0 Å². The van der Waals surface area contributed by atoms with Gasteiger partial charge in [0.2, 0.25) is 5.91 Å². The second-order valence-electron chi connectivity index (χ2n) is 8.72. The molecule has 3 heterocycles. The molecular formula is C22H30N2O4. The van der Waals surface area contributed by atoms with Crippen LogP contribution >= 0.6 is 0 Å². The van der Waals surface area contributed by atoms with Gasteiger partial charge in [0.05, 0.1) is 11.7 Å². The highest BCUT2D eigenvalue weighted by atomic mass is 16.5. The predicted octanol–water partition coefficient (Wildman–Crippen LogP) is 2.72. The number of nitrogens with zero attached hydrogens (tertiary/aromatic N) is 2. The molecule has 28 heavy (non-hydrogen) atoms. The van der Waals surface area contributed by atoms with Crippen molar-refractivity contribution in [1.29, 1.82) is 0 Å². The first-order chi connectivity index (χ1) is 13.5. The quantitative estimate of drug-likeness (QED) is 0.867. The number of piperidine rings is 2. The van der Waals surface area contributed by atoms with Crippen molar-refractivity contribution in [2.24, 2.45) is 5.41 Å². The molecule has 1 aromatic rings. The van der Waals surface area contributed by atoms with E-state index in [1.165, 1.54) is 0 Å². The summed E-state index contributed by atoms with van der Waals surface area (Å²) in [5, 5.41) is 10.1. The van der Waals surface area contributed by atoms with E-state index >= 15 is 0 Å². The highest BCUT2D eigenvalue weighted by Gasteiger charge is 2.42. The first-order valence-corrected chi connectivity index (χ1v) is 10.4. The number of amides is 2. The first kappa shape index (κ1) is 19.2. The lowest BCUT2D eigenvalue weighted by Crippen LogP contribution is -2.53. The molecule has 0 aromatic heterocycles. The number of phenols is 1. The molecule has 1 atom stereocenters. The van der Waals surface area contributed by atoms with Crippen molar-refractivity contribution in [2.45, 2.75) is 51.6 Å². The Labute approximate surface area is 166 Å². The fourth-order valence-electron chi connectivity index (χ4n) is 4.89. The molecule has 1 aromatic carbocycles. The van der Waals surface area contributed by atoms with Crippen LogP contribution in [0.5, 0.6) is 5.75 Å². The van der Waals surface area contributed by atoms with Crippen LogP contribution in [0.3, 0.4) is 0 Å². The Morgan fingerprint density at radius 1 is 1.29 bits per heavy atom. The minimum Gasteiger partial charge on any atom is -0.507 e. The highest BCUT2D eigenvalue weighted by molar-refractivity contribution is 5.97. The van der Waals surface area contributed by atoms with E-state index in [0.29, 0.717) is 31.6 Å². The summed E-state index contributed by atoms with van der Waals surface area (Å²) in [6, 6.07) is 5.20. The molecule has 6 nitrogen and oxygen atoms in total. The van der Waals surface area contributed by atoms with Gasteiger partial charge in [-0.2, -0.15) is 0 Å². The van der Waals surface area contributed by atoms with E-state index in [1.54, 1.807) is 12.1 Å². The van der Waals surface area contributed by atoms with Gasteiger partial charge in [0, 0.05) is 39.2 Å². The Morgan fingerprint density at radius 3 is 2.75 bits per heavy atom. The monoisotopic (exact) mass is 386 g/mol. The number of likely N-dealkylation sites (tertiary alicyclic amines) is 2. The Balaban J connectivity index is 1.38. The second-order valence-corrected chi connectivity index (χ2v) is 8.72. The maximum atomic E-state index is 12.8. The summed E-state index contributed by atoms with van der Waals surface area (Å²) >= 11 is 0. The number of carbonyl (C=O) groups excluding carboxylic acids is 2. The molecule has 3 saturated heterocycles. The molecule has 6 heteroatoms. The van der Waals surface area contributed by atoms with Gasteiger partial charge < -0.3 is 19.6 Å². The molecule has 3 fully saturated rings. The van der Waals surface area contributed by atoms with Gasteiger partial charge in [-0.3, -0.25) is 9.59 Å². The van der Waals surface area contributed by atoms with Crippen LogP contribution in [0.1, 0.15) is 54.4 Å². The zero-order valence-corrected chi connectivity index (χ0v) is 16.7. The van der Waals surface area contributed by atoms with Crippen LogP contribution in [-0.2, 0) is 9.53 Å². The molecule has 0 unspecified atom stereocenters. The van der Waals surface area contributed by atoms with Gasteiger partial charge in [-0.1, -0.05) is 6.07 Å². The van der Waals surface area contributed by atoms with Crippen LogP contribution in [0.25, 0.3) is 0 Å². The molecule has 4 rings (SSSR count). The molecule has 1 spiro atoms. The minimum absolute atomic E-state index is 0.0521. The van der Waals surface area contributed by atoms with Crippen molar-refractivity contribution in [3.63, 3.8) is 0 Å². The van der Waals surface area contributed by atoms with Gasteiger partial charge in [-0.05, 0) is 62.1 Å². The third-order valence-corrected chi connectivity index (χ3v) is 6.69. The number of ether oxygens (including phenoxy) is 1. The highest BCUT2D eigenvalue weighted by Crippen LogP contribution is 2.41. The smallest absolute Gasteiger partial charge is 0.257 e. The number of aryl methyl sites for hydroxylation is 1. The van der Waals surface area contributed by atoms with Crippen LogP contribution in [0, 0.1) is 12.3 Å². The van der Waals surface area contributed by atoms with E-state index in [9.17, 15) is 14.7 Å². The largest absolute Gasteiger partial charge is 0.507 e. The molecular weight excluding hydrogens is 356 g/mol. The Bertz CT molecular complexity index is 749. The van der Waals surface area contributed by atoms with E-state index in [4.69, 9.17) is 4.74 Å². The van der Waals surface area contributed by atoms with Gasteiger partial charge in [0.1, 0.15) is 5.75 Å². The van der Waals surface area contributed by atoms with Crippen molar-refractivity contribution < 1.29 is 19.4 Å². The topological polar surface area (TPSA) is 70.1 Å². The van der Waals surface area contributed by atoms with Crippen molar-refractivity contribution in [3.8, 4) is 5.75 Å². The third-order valence-electron chi connectivity index (χ3n) is 6.69. The summed E-state index contributed by atoms with van der Waals surface area (Å²) in [6.07, 6.45) is 5.62. The number of carbonyl (C=O) groups is 2. The lowest BCUT2D eigenvalue weighted by Gasteiger charge is -2.47. The van der Waals surface area contributed by atoms with Gasteiger partial charge in [0.25, 0.3) is 5.91 Å². The van der Waals surface area contributed by atoms with Crippen molar-refractivity contribution >= 4 is 11.8 Å². The van der Waals surface area contributed by atoms with E-state index in [-0.39, 0.29) is 29.1 Å². The SMILES string of the molecule is Cc1ccc(C(=O)N2CCC3(CCC(=O)N(C[C@H]4CCCO4)C3)CC2)c(O)c1. The summed E-state index contributed by atoms with van der Waals surface area (Å²) in [5.41, 5.74) is 1.42. The molecule has 0 aliphatic carbocycles. The molecule has 152 valence electrons. The minimum atomic E-state index is -0.101. The van der Waals surface area contributed by atoms with Crippen LogP contribution in [0.4, 0.5) is 0 Å². The maximum absolute atomic E-state index is 12.8. The Morgan fingerprint density at radius 2 is 2.07 bits per heavy atom. The van der Waals surface area contributed by atoms with E-state index in [2.05, 4.69) is 0 Å².